The fraction of sp³-hybridized carbons (Fsp3) is 0.364. The summed E-state index contributed by atoms with van der Waals surface area (Å²) in [4.78, 5) is 20.9. The van der Waals surface area contributed by atoms with Crippen molar-refractivity contribution in [3.63, 3.8) is 0 Å². The Bertz CT molecular complexity index is 427. The predicted molar refractivity (Wildman–Crippen MR) is 62.4 cm³/mol. The van der Waals surface area contributed by atoms with E-state index in [9.17, 15) is 4.79 Å². The Balaban J connectivity index is 2.02. The number of amides is 1. The molecule has 16 heavy (non-hydrogen) atoms. The smallest absolute Gasteiger partial charge is 0.247 e. The fourth-order valence-corrected chi connectivity index (χ4v) is 1.73. The normalized spacial score (nSPS) is 15.1. The molecule has 0 bridgehead atoms. The second kappa shape index (κ2) is 4.61. The summed E-state index contributed by atoms with van der Waals surface area (Å²) in [5.41, 5.74) is 1.05. The van der Waals surface area contributed by atoms with Crippen molar-refractivity contribution in [2.45, 2.75) is 19.4 Å². The van der Waals surface area contributed by atoms with Gasteiger partial charge in [0, 0.05) is 32.6 Å². The molecule has 2 rings (SSSR count). The number of aliphatic imine (C=N–C) groups is 1. The van der Waals surface area contributed by atoms with Gasteiger partial charge in [-0.1, -0.05) is 17.7 Å². The van der Waals surface area contributed by atoms with E-state index < -0.39 is 0 Å². The van der Waals surface area contributed by atoms with Crippen LogP contribution in [-0.4, -0.2) is 28.7 Å². The van der Waals surface area contributed by atoms with Gasteiger partial charge in [-0.05, 0) is 11.6 Å². The topological polar surface area (TPSA) is 45.6 Å². The molecule has 2 heterocycles. The third-order valence-corrected chi connectivity index (χ3v) is 2.69. The molecule has 0 saturated heterocycles. The van der Waals surface area contributed by atoms with Crippen LogP contribution in [0.3, 0.4) is 0 Å². The first kappa shape index (κ1) is 11.1. The van der Waals surface area contributed by atoms with E-state index in [2.05, 4.69) is 9.98 Å². The summed E-state index contributed by atoms with van der Waals surface area (Å²) in [6.07, 6.45) is 2.99. The molecule has 1 aliphatic rings. The van der Waals surface area contributed by atoms with Gasteiger partial charge < -0.3 is 4.90 Å². The molecular formula is C11H12ClN3O. The number of amidine groups is 1. The van der Waals surface area contributed by atoms with Crippen molar-refractivity contribution >= 4 is 23.3 Å². The summed E-state index contributed by atoms with van der Waals surface area (Å²) >= 11 is 5.70. The van der Waals surface area contributed by atoms with E-state index >= 15 is 0 Å². The van der Waals surface area contributed by atoms with Gasteiger partial charge in [-0.15, -0.1) is 0 Å². The molecule has 0 fully saturated rings. The van der Waals surface area contributed by atoms with Crippen molar-refractivity contribution in [3.8, 4) is 0 Å². The molecule has 1 amide bonds. The Kier molecular flexibility index (Phi) is 3.19. The molecule has 5 heteroatoms. The molecule has 0 aromatic carbocycles. The van der Waals surface area contributed by atoms with Gasteiger partial charge in [0.2, 0.25) is 5.91 Å². The van der Waals surface area contributed by atoms with Crippen LogP contribution in [-0.2, 0) is 11.3 Å². The molecule has 4 nitrogen and oxygen atoms in total. The first-order valence-electron chi connectivity index (χ1n) is 5.07. The maximum atomic E-state index is 11.0. The molecule has 0 atom stereocenters. The largest absolute Gasteiger partial charge is 0.359 e. The van der Waals surface area contributed by atoms with Gasteiger partial charge in [-0.3, -0.25) is 4.79 Å². The first-order chi connectivity index (χ1) is 7.65. The van der Waals surface area contributed by atoms with Crippen LogP contribution in [0.2, 0.25) is 5.15 Å². The average Bonchev–Trinajstić information content (AvgIpc) is 2.68. The van der Waals surface area contributed by atoms with Crippen molar-refractivity contribution in [2.75, 3.05) is 7.05 Å². The SMILES string of the molecule is CN(Cc1ccc(Cl)nc1)C1=NC(=O)CC1. The zero-order valence-electron chi connectivity index (χ0n) is 8.98. The summed E-state index contributed by atoms with van der Waals surface area (Å²) in [7, 11) is 1.92. The number of carbonyl (C=O) groups excluding carboxylic acids is 1. The lowest BCUT2D eigenvalue weighted by atomic mass is 10.2. The van der Waals surface area contributed by atoms with Crippen LogP contribution < -0.4 is 0 Å². The van der Waals surface area contributed by atoms with Gasteiger partial charge in [0.1, 0.15) is 11.0 Å². The molecule has 0 unspecified atom stereocenters. The van der Waals surface area contributed by atoms with Gasteiger partial charge in [0.15, 0.2) is 0 Å². The number of carbonyl (C=O) groups is 1. The summed E-state index contributed by atoms with van der Waals surface area (Å²) in [6.45, 7) is 0.691. The number of hydrogen-bond donors (Lipinski definition) is 0. The highest BCUT2D eigenvalue weighted by molar-refractivity contribution is 6.29. The molecule has 0 spiro atoms. The molecule has 1 aromatic rings. The lowest BCUT2D eigenvalue weighted by Gasteiger charge is -2.18. The standard InChI is InChI=1S/C11H12ClN3O/c1-15(10-4-5-11(16)14-10)7-8-2-3-9(12)13-6-8/h2-3,6H,4-5,7H2,1H3. The third kappa shape index (κ3) is 2.58. The van der Waals surface area contributed by atoms with E-state index in [4.69, 9.17) is 11.6 Å². The van der Waals surface area contributed by atoms with Crippen LogP contribution in [0.5, 0.6) is 0 Å². The summed E-state index contributed by atoms with van der Waals surface area (Å²) in [5.74, 6) is 0.816. The summed E-state index contributed by atoms with van der Waals surface area (Å²) < 4.78 is 0. The number of halogens is 1. The van der Waals surface area contributed by atoms with E-state index in [1.165, 1.54) is 0 Å². The van der Waals surface area contributed by atoms with E-state index in [1.54, 1.807) is 12.3 Å². The van der Waals surface area contributed by atoms with Crippen molar-refractivity contribution < 1.29 is 4.79 Å². The average molecular weight is 238 g/mol. The maximum absolute atomic E-state index is 11.0. The molecule has 0 radical (unpaired) electrons. The molecule has 0 saturated carbocycles. The number of aromatic nitrogens is 1. The zero-order chi connectivity index (χ0) is 11.5. The van der Waals surface area contributed by atoms with Crippen LogP contribution >= 0.6 is 11.6 Å². The molecule has 0 aliphatic carbocycles. The number of rotatable bonds is 2. The second-order valence-corrected chi connectivity index (χ2v) is 4.15. The molecule has 1 aromatic heterocycles. The maximum Gasteiger partial charge on any atom is 0.247 e. The quantitative estimate of drug-likeness (QED) is 0.738. The Morgan fingerprint density at radius 3 is 2.81 bits per heavy atom. The van der Waals surface area contributed by atoms with Crippen LogP contribution in [0.1, 0.15) is 18.4 Å². The molecule has 1 aliphatic heterocycles. The Hall–Kier alpha value is -1.42. The van der Waals surface area contributed by atoms with Gasteiger partial charge in [0.25, 0.3) is 0 Å². The first-order valence-corrected chi connectivity index (χ1v) is 5.45. The monoisotopic (exact) mass is 237 g/mol. The predicted octanol–water partition coefficient (Wildman–Crippen LogP) is 1.89. The highest BCUT2D eigenvalue weighted by Gasteiger charge is 2.17. The van der Waals surface area contributed by atoms with E-state index in [-0.39, 0.29) is 5.91 Å². The molecular weight excluding hydrogens is 226 g/mol. The van der Waals surface area contributed by atoms with E-state index in [0.29, 0.717) is 18.1 Å². The van der Waals surface area contributed by atoms with Crippen LogP contribution in [0.15, 0.2) is 23.3 Å². The molecule has 0 N–H and O–H groups in total. The lowest BCUT2D eigenvalue weighted by molar-refractivity contribution is -0.117. The Labute approximate surface area is 99.0 Å². The summed E-state index contributed by atoms with van der Waals surface area (Å²) in [5, 5.41) is 0.486. The highest BCUT2D eigenvalue weighted by Crippen LogP contribution is 2.12. The van der Waals surface area contributed by atoms with Gasteiger partial charge >= 0.3 is 0 Å². The van der Waals surface area contributed by atoms with Crippen molar-refractivity contribution in [3.05, 3.63) is 29.0 Å². The van der Waals surface area contributed by atoms with Crippen molar-refractivity contribution in [2.24, 2.45) is 4.99 Å². The molecule has 84 valence electrons. The third-order valence-electron chi connectivity index (χ3n) is 2.47. The van der Waals surface area contributed by atoms with Gasteiger partial charge in [-0.2, -0.15) is 0 Å². The zero-order valence-corrected chi connectivity index (χ0v) is 9.74. The highest BCUT2D eigenvalue weighted by atomic mass is 35.5. The minimum Gasteiger partial charge on any atom is -0.359 e. The Morgan fingerprint density at radius 2 is 2.25 bits per heavy atom. The number of nitrogens with zero attached hydrogens (tertiary/aromatic N) is 3. The van der Waals surface area contributed by atoms with Crippen molar-refractivity contribution in [1.82, 2.24) is 9.88 Å². The number of hydrogen-bond acceptors (Lipinski definition) is 3. The van der Waals surface area contributed by atoms with E-state index in [0.717, 1.165) is 17.8 Å². The van der Waals surface area contributed by atoms with Crippen molar-refractivity contribution in [1.29, 1.82) is 0 Å². The second-order valence-electron chi connectivity index (χ2n) is 3.77. The van der Waals surface area contributed by atoms with Gasteiger partial charge in [-0.25, -0.2) is 9.98 Å². The van der Waals surface area contributed by atoms with Crippen LogP contribution in [0.25, 0.3) is 0 Å². The lowest BCUT2D eigenvalue weighted by Crippen LogP contribution is -2.24. The van der Waals surface area contributed by atoms with Crippen LogP contribution in [0.4, 0.5) is 0 Å². The van der Waals surface area contributed by atoms with Crippen LogP contribution in [0, 0.1) is 0 Å². The number of pyridine rings is 1. The van der Waals surface area contributed by atoms with E-state index in [1.807, 2.05) is 18.0 Å². The minimum atomic E-state index is -0.0314. The van der Waals surface area contributed by atoms with Gasteiger partial charge in [0.05, 0.1) is 0 Å². The fourth-order valence-electron chi connectivity index (χ4n) is 1.62. The minimum absolute atomic E-state index is 0.0314. The Morgan fingerprint density at radius 1 is 1.44 bits per heavy atom. The summed E-state index contributed by atoms with van der Waals surface area (Å²) in [6, 6.07) is 3.68.